The zero-order chi connectivity index (χ0) is 15.8. The number of nitrogens with two attached hydrogens (primary N) is 1. The van der Waals surface area contributed by atoms with Gasteiger partial charge in [0.1, 0.15) is 5.01 Å². The van der Waals surface area contributed by atoms with Crippen LogP contribution in [0.4, 0.5) is 5.69 Å². The maximum atomic E-state index is 12.5. The van der Waals surface area contributed by atoms with E-state index in [2.05, 4.69) is 25.6 Å². The normalized spacial score (nSPS) is 13.3. The van der Waals surface area contributed by atoms with E-state index in [-0.39, 0.29) is 4.90 Å². The first-order valence-electron chi connectivity index (χ1n) is 6.21. The van der Waals surface area contributed by atoms with Gasteiger partial charge in [0, 0.05) is 21.2 Å². The molecule has 1 atom stereocenters. The maximum Gasteiger partial charge on any atom is 0.241 e. The molecule has 8 heteroatoms. The van der Waals surface area contributed by atoms with Gasteiger partial charge in [-0.3, -0.25) is 0 Å². The molecule has 21 heavy (non-hydrogen) atoms. The molecule has 5 nitrogen and oxygen atoms in total. The third-order valence-electron chi connectivity index (χ3n) is 2.93. The number of rotatable bonds is 4. The van der Waals surface area contributed by atoms with Crippen molar-refractivity contribution >= 4 is 43.0 Å². The van der Waals surface area contributed by atoms with Crippen LogP contribution in [0.1, 0.15) is 28.4 Å². The van der Waals surface area contributed by atoms with Crippen LogP contribution in [0.15, 0.2) is 27.7 Å². The summed E-state index contributed by atoms with van der Waals surface area (Å²) < 4.78 is 28.3. The number of hydrogen-bond donors (Lipinski definition) is 2. The molecule has 1 aromatic carbocycles. The smallest absolute Gasteiger partial charge is 0.241 e. The van der Waals surface area contributed by atoms with Crippen LogP contribution >= 0.6 is 27.3 Å². The van der Waals surface area contributed by atoms with Crippen LogP contribution in [-0.4, -0.2) is 13.4 Å². The molecular formula is C13H16BrN3O2S2. The minimum absolute atomic E-state index is 0.184. The molecule has 0 bridgehead atoms. The Labute approximate surface area is 136 Å². The van der Waals surface area contributed by atoms with Gasteiger partial charge in [-0.2, -0.15) is 0 Å². The molecule has 0 fully saturated rings. The van der Waals surface area contributed by atoms with Gasteiger partial charge in [0.25, 0.3) is 0 Å². The van der Waals surface area contributed by atoms with E-state index in [9.17, 15) is 8.42 Å². The number of hydrogen-bond acceptors (Lipinski definition) is 5. The standard InChI is InChI=1S/C13H16BrN3O2S2/c1-7-4-10(14)11(15)5-12(7)21(18,19)17-9(3)13-16-6-8(2)20-13/h4-6,9,17H,15H2,1-3H3. The third-order valence-corrected chi connectivity index (χ3v) is 6.39. The molecule has 1 aromatic heterocycles. The van der Waals surface area contributed by atoms with Gasteiger partial charge in [-0.25, -0.2) is 18.1 Å². The highest BCUT2D eigenvalue weighted by Gasteiger charge is 2.22. The Hall–Kier alpha value is -0.960. The molecule has 2 aromatic rings. The van der Waals surface area contributed by atoms with Crippen LogP contribution < -0.4 is 10.5 Å². The Bertz CT molecular complexity index is 772. The second kappa shape index (κ2) is 6.04. The lowest BCUT2D eigenvalue weighted by atomic mass is 10.2. The number of thiazole rings is 1. The molecule has 0 radical (unpaired) electrons. The Balaban J connectivity index is 2.32. The molecular weight excluding hydrogens is 374 g/mol. The average molecular weight is 390 g/mol. The van der Waals surface area contributed by atoms with Crippen molar-refractivity contribution in [1.82, 2.24) is 9.71 Å². The van der Waals surface area contributed by atoms with Crippen molar-refractivity contribution in [3.8, 4) is 0 Å². The zero-order valence-electron chi connectivity index (χ0n) is 11.8. The summed E-state index contributed by atoms with van der Waals surface area (Å²) in [6.07, 6.45) is 1.73. The quantitative estimate of drug-likeness (QED) is 0.786. The molecule has 0 aliphatic rings. The zero-order valence-corrected chi connectivity index (χ0v) is 15.1. The monoisotopic (exact) mass is 389 g/mol. The van der Waals surface area contributed by atoms with Crippen LogP contribution in [0.2, 0.25) is 0 Å². The number of nitrogens with one attached hydrogen (secondary N) is 1. The molecule has 2 rings (SSSR count). The fraction of sp³-hybridized carbons (Fsp3) is 0.308. The van der Waals surface area contributed by atoms with Crippen LogP contribution in [-0.2, 0) is 10.0 Å². The summed E-state index contributed by atoms with van der Waals surface area (Å²) in [4.78, 5) is 5.43. The van der Waals surface area contributed by atoms with Crippen molar-refractivity contribution in [3.05, 3.63) is 38.3 Å². The fourth-order valence-electron chi connectivity index (χ4n) is 1.88. The Morgan fingerprint density at radius 1 is 1.38 bits per heavy atom. The van der Waals surface area contributed by atoms with Crippen molar-refractivity contribution in [2.24, 2.45) is 0 Å². The van der Waals surface area contributed by atoms with Gasteiger partial charge in [0.2, 0.25) is 10.0 Å². The molecule has 114 valence electrons. The van der Waals surface area contributed by atoms with Crippen LogP contribution in [0.3, 0.4) is 0 Å². The number of aryl methyl sites for hydroxylation is 2. The molecule has 0 saturated heterocycles. The number of nitrogens with zero attached hydrogens (tertiary/aromatic N) is 1. The Kier molecular flexibility index (Phi) is 4.72. The van der Waals surface area contributed by atoms with E-state index in [1.165, 1.54) is 17.4 Å². The van der Waals surface area contributed by atoms with Crippen molar-refractivity contribution in [3.63, 3.8) is 0 Å². The first-order valence-corrected chi connectivity index (χ1v) is 9.30. The largest absolute Gasteiger partial charge is 0.398 e. The average Bonchev–Trinajstić information content (AvgIpc) is 2.80. The summed E-state index contributed by atoms with van der Waals surface area (Å²) in [5, 5.41) is 0.735. The summed E-state index contributed by atoms with van der Waals surface area (Å²) in [6, 6.07) is 2.77. The predicted molar refractivity (Wildman–Crippen MR) is 88.9 cm³/mol. The highest BCUT2D eigenvalue weighted by molar-refractivity contribution is 9.10. The number of nitrogen functional groups attached to an aromatic ring is 1. The minimum atomic E-state index is -3.65. The van der Waals surface area contributed by atoms with Gasteiger partial charge in [-0.15, -0.1) is 11.3 Å². The third kappa shape index (κ3) is 3.63. The van der Waals surface area contributed by atoms with Gasteiger partial charge < -0.3 is 5.73 Å². The summed E-state index contributed by atoms with van der Waals surface area (Å²) in [5.41, 5.74) is 6.80. The fourth-order valence-corrected chi connectivity index (χ4v) is 4.65. The second-order valence-electron chi connectivity index (χ2n) is 4.79. The molecule has 0 aliphatic carbocycles. The van der Waals surface area contributed by atoms with E-state index in [0.29, 0.717) is 15.7 Å². The van der Waals surface area contributed by atoms with Gasteiger partial charge in [-0.05, 0) is 54.4 Å². The summed E-state index contributed by atoms with van der Waals surface area (Å²) in [6.45, 7) is 5.44. The number of sulfonamides is 1. The minimum Gasteiger partial charge on any atom is -0.398 e. The molecule has 0 aliphatic heterocycles. The van der Waals surface area contributed by atoms with Gasteiger partial charge in [0.15, 0.2) is 0 Å². The van der Waals surface area contributed by atoms with Gasteiger partial charge in [0.05, 0.1) is 10.9 Å². The van der Waals surface area contributed by atoms with Crippen LogP contribution in [0, 0.1) is 13.8 Å². The summed E-state index contributed by atoms with van der Waals surface area (Å²) in [7, 11) is -3.65. The van der Waals surface area contributed by atoms with E-state index in [1.54, 1.807) is 26.1 Å². The molecule has 0 spiro atoms. The molecule has 1 heterocycles. The van der Waals surface area contributed by atoms with E-state index in [4.69, 9.17) is 5.73 Å². The Morgan fingerprint density at radius 3 is 2.62 bits per heavy atom. The number of anilines is 1. The van der Waals surface area contributed by atoms with Crippen molar-refractivity contribution in [2.75, 3.05) is 5.73 Å². The second-order valence-corrected chi connectivity index (χ2v) is 8.59. The topological polar surface area (TPSA) is 85.1 Å². The predicted octanol–water partition coefficient (Wildman–Crippen LogP) is 3.14. The highest BCUT2D eigenvalue weighted by Crippen LogP contribution is 2.28. The van der Waals surface area contributed by atoms with E-state index < -0.39 is 16.1 Å². The van der Waals surface area contributed by atoms with Gasteiger partial charge in [-0.1, -0.05) is 0 Å². The van der Waals surface area contributed by atoms with Crippen LogP contribution in [0.5, 0.6) is 0 Å². The first-order chi connectivity index (χ1) is 9.70. The van der Waals surface area contributed by atoms with Crippen molar-refractivity contribution in [2.45, 2.75) is 31.7 Å². The highest BCUT2D eigenvalue weighted by atomic mass is 79.9. The lowest BCUT2D eigenvalue weighted by Gasteiger charge is -2.14. The van der Waals surface area contributed by atoms with E-state index in [1.807, 2.05) is 6.92 Å². The van der Waals surface area contributed by atoms with Crippen LogP contribution in [0.25, 0.3) is 0 Å². The lowest BCUT2D eigenvalue weighted by molar-refractivity contribution is 0.566. The lowest BCUT2D eigenvalue weighted by Crippen LogP contribution is -2.27. The first kappa shape index (κ1) is 16.4. The summed E-state index contributed by atoms with van der Waals surface area (Å²) >= 11 is 4.76. The van der Waals surface area contributed by atoms with Crippen molar-refractivity contribution in [1.29, 1.82) is 0 Å². The molecule has 0 amide bonds. The summed E-state index contributed by atoms with van der Waals surface area (Å²) in [5.74, 6) is 0. The molecule has 1 unspecified atom stereocenters. The molecule has 3 N–H and O–H groups in total. The number of benzene rings is 1. The number of aromatic nitrogens is 1. The van der Waals surface area contributed by atoms with Gasteiger partial charge >= 0.3 is 0 Å². The van der Waals surface area contributed by atoms with Crippen molar-refractivity contribution < 1.29 is 8.42 Å². The Morgan fingerprint density at radius 2 is 2.05 bits per heavy atom. The number of halogens is 1. The van der Waals surface area contributed by atoms with E-state index in [0.717, 1.165) is 9.88 Å². The maximum absolute atomic E-state index is 12.5. The SMILES string of the molecule is Cc1cnc(C(C)NS(=O)(=O)c2cc(N)c(Br)cc2C)s1. The molecule has 0 saturated carbocycles. The van der Waals surface area contributed by atoms with E-state index >= 15 is 0 Å².